The minimum Gasteiger partial charge on any atom is -0.349 e. The lowest BCUT2D eigenvalue weighted by atomic mass is 9.93. The standard InChI is InChI=1S/C24H28N4O2/c1-18-7-9-21(10-8-18)24-26-22(27-30-24)23(29)25-14-11-19-12-15-28(16-13-19)17-20-5-3-2-4-6-20/h2-10,19H,11-17H2,1H3,(H,25,29). The summed E-state index contributed by atoms with van der Waals surface area (Å²) in [5.41, 5.74) is 3.34. The summed E-state index contributed by atoms with van der Waals surface area (Å²) >= 11 is 0. The molecule has 30 heavy (non-hydrogen) atoms. The van der Waals surface area contributed by atoms with Crippen LogP contribution in [0.2, 0.25) is 0 Å². The molecule has 1 aliphatic heterocycles. The number of carbonyl (C=O) groups excluding carboxylic acids is 1. The van der Waals surface area contributed by atoms with Crippen LogP contribution in [0.25, 0.3) is 11.5 Å². The molecule has 0 unspecified atom stereocenters. The number of rotatable bonds is 7. The van der Waals surface area contributed by atoms with Crippen LogP contribution in [0.15, 0.2) is 59.1 Å². The first-order chi connectivity index (χ1) is 14.7. The fourth-order valence-corrected chi connectivity index (χ4v) is 3.87. The Bertz CT molecular complexity index is 945. The summed E-state index contributed by atoms with van der Waals surface area (Å²) in [6.07, 6.45) is 3.32. The number of aryl methyl sites for hydroxylation is 1. The number of aromatic nitrogens is 2. The Labute approximate surface area is 177 Å². The van der Waals surface area contributed by atoms with Gasteiger partial charge in [-0.05, 0) is 62.9 Å². The summed E-state index contributed by atoms with van der Waals surface area (Å²) in [6, 6.07) is 18.4. The molecular weight excluding hydrogens is 376 g/mol. The number of nitrogens with one attached hydrogen (secondary N) is 1. The third kappa shape index (κ3) is 5.33. The number of hydrogen-bond donors (Lipinski definition) is 1. The zero-order valence-electron chi connectivity index (χ0n) is 17.4. The van der Waals surface area contributed by atoms with E-state index in [9.17, 15) is 4.79 Å². The van der Waals surface area contributed by atoms with Crippen LogP contribution in [-0.4, -0.2) is 40.6 Å². The van der Waals surface area contributed by atoms with Gasteiger partial charge in [-0.25, -0.2) is 0 Å². The normalized spacial score (nSPS) is 15.2. The van der Waals surface area contributed by atoms with E-state index in [1.807, 2.05) is 31.2 Å². The summed E-state index contributed by atoms with van der Waals surface area (Å²) in [4.78, 5) is 19.1. The van der Waals surface area contributed by atoms with Gasteiger partial charge in [-0.15, -0.1) is 0 Å². The van der Waals surface area contributed by atoms with Gasteiger partial charge in [-0.3, -0.25) is 9.69 Å². The molecule has 4 rings (SSSR count). The molecule has 3 aromatic rings. The Hall–Kier alpha value is -2.99. The third-order valence-corrected chi connectivity index (χ3v) is 5.72. The van der Waals surface area contributed by atoms with Gasteiger partial charge in [0.2, 0.25) is 0 Å². The van der Waals surface area contributed by atoms with Crippen LogP contribution < -0.4 is 5.32 Å². The van der Waals surface area contributed by atoms with Crippen molar-refractivity contribution in [2.75, 3.05) is 19.6 Å². The monoisotopic (exact) mass is 404 g/mol. The van der Waals surface area contributed by atoms with Crippen molar-refractivity contribution < 1.29 is 9.32 Å². The Morgan fingerprint density at radius 2 is 1.83 bits per heavy atom. The van der Waals surface area contributed by atoms with Gasteiger partial charge in [0.25, 0.3) is 17.6 Å². The predicted molar refractivity (Wildman–Crippen MR) is 116 cm³/mol. The molecule has 0 radical (unpaired) electrons. The van der Waals surface area contributed by atoms with E-state index in [-0.39, 0.29) is 11.7 Å². The molecule has 0 aliphatic carbocycles. The molecule has 2 heterocycles. The van der Waals surface area contributed by atoms with Crippen molar-refractivity contribution in [3.63, 3.8) is 0 Å². The van der Waals surface area contributed by atoms with Gasteiger partial charge >= 0.3 is 0 Å². The minimum absolute atomic E-state index is 0.0863. The fraction of sp³-hybridized carbons (Fsp3) is 0.375. The topological polar surface area (TPSA) is 71.3 Å². The first-order valence-corrected chi connectivity index (χ1v) is 10.6. The van der Waals surface area contributed by atoms with Crippen LogP contribution in [-0.2, 0) is 6.54 Å². The van der Waals surface area contributed by atoms with Gasteiger partial charge in [0, 0.05) is 18.7 Å². The first-order valence-electron chi connectivity index (χ1n) is 10.6. The highest BCUT2D eigenvalue weighted by molar-refractivity contribution is 5.90. The van der Waals surface area contributed by atoms with E-state index in [2.05, 4.69) is 50.7 Å². The molecule has 1 N–H and O–H groups in total. The largest absolute Gasteiger partial charge is 0.349 e. The van der Waals surface area contributed by atoms with Crippen molar-refractivity contribution in [2.45, 2.75) is 32.7 Å². The van der Waals surface area contributed by atoms with E-state index in [0.29, 0.717) is 18.4 Å². The molecule has 156 valence electrons. The van der Waals surface area contributed by atoms with Gasteiger partial charge < -0.3 is 9.84 Å². The SMILES string of the molecule is Cc1ccc(-c2nc(C(=O)NCCC3CCN(Cc4ccccc4)CC3)no2)cc1. The molecule has 1 amide bonds. The van der Waals surface area contributed by atoms with Crippen LogP contribution in [0.5, 0.6) is 0 Å². The van der Waals surface area contributed by atoms with Crippen LogP contribution >= 0.6 is 0 Å². The molecule has 0 atom stereocenters. The minimum atomic E-state index is -0.279. The number of amides is 1. The summed E-state index contributed by atoms with van der Waals surface area (Å²) in [6.45, 7) is 5.89. The van der Waals surface area contributed by atoms with Gasteiger partial charge in [0.05, 0.1) is 0 Å². The molecule has 1 aromatic heterocycles. The number of carbonyl (C=O) groups is 1. The maximum absolute atomic E-state index is 12.3. The number of piperidine rings is 1. The average Bonchev–Trinajstić information content (AvgIpc) is 3.27. The zero-order chi connectivity index (χ0) is 20.8. The quantitative estimate of drug-likeness (QED) is 0.643. The maximum atomic E-state index is 12.3. The summed E-state index contributed by atoms with van der Waals surface area (Å²) in [5, 5.41) is 6.76. The van der Waals surface area contributed by atoms with Crippen molar-refractivity contribution in [3.8, 4) is 11.5 Å². The smallest absolute Gasteiger partial charge is 0.292 e. The van der Waals surface area contributed by atoms with Crippen LogP contribution in [0.3, 0.4) is 0 Å². The third-order valence-electron chi connectivity index (χ3n) is 5.72. The summed E-state index contributed by atoms with van der Waals surface area (Å²) in [7, 11) is 0. The Morgan fingerprint density at radius 3 is 2.57 bits per heavy atom. The first kappa shape index (κ1) is 20.3. The molecule has 0 saturated carbocycles. The van der Waals surface area contributed by atoms with Crippen molar-refractivity contribution in [1.29, 1.82) is 0 Å². The molecule has 0 spiro atoms. The lowest BCUT2D eigenvalue weighted by Gasteiger charge is -2.32. The second-order valence-electron chi connectivity index (χ2n) is 8.04. The van der Waals surface area contributed by atoms with Crippen molar-refractivity contribution in [1.82, 2.24) is 20.4 Å². The molecule has 1 fully saturated rings. The Morgan fingerprint density at radius 1 is 1.10 bits per heavy atom. The summed E-state index contributed by atoms with van der Waals surface area (Å²) in [5.74, 6) is 0.818. The molecular formula is C24H28N4O2. The molecule has 0 bridgehead atoms. The fourth-order valence-electron chi connectivity index (χ4n) is 3.87. The molecule has 1 saturated heterocycles. The van der Waals surface area contributed by atoms with E-state index in [0.717, 1.165) is 37.2 Å². The second-order valence-corrected chi connectivity index (χ2v) is 8.04. The highest BCUT2D eigenvalue weighted by atomic mass is 16.5. The van der Waals surface area contributed by atoms with E-state index >= 15 is 0 Å². The van der Waals surface area contributed by atoms with Gasteiger partial charge in [0.1, 0.15) is 0 Å². The lowest BCUT2D eigenvalue weighted by molar-refractivity contribution is 0.0934. The van der Waals surface area contributed by atoms with Crippen LogP contribution in [0.4, 0.5) is 0 Å². The number of benzene rings is 2. The zero-order valence-corrected chi connectivity index (χ0v) is 17.4. The number of nitrogens with zero attached hydrogens (tertiary/aromatic N) is 3. The van der Waals surface area contributed by atoms with Gasteiger partial charge in [-0.2, -0.15) is 4.98 Å². The van der Waals surface area contributed by atoms with Gasteiger partial charge in [0.15, 0.2) is 0 Å². The van der Waals surface area contributed by atoms with Gasteiger partial charge in [-0.1, -0.05) is 53.2 Å². The number of hydrogen-bond acceptors (Lipinski definition) is 5. The van der Waals surface area contributed by atoms with E-state index in [1.54, 1.807) is 0 Å². The average molecular weight is 405 g/mol. The summed E-state index contributed by atoms with van der Waals surface area (Å²) < 4.78 is 5.24. The predicted octanol–water partition coefficient (Wildman–Crippen LogP) is 4.08. The Balaban J connectivity index is 1.19. The molecule has 6 heteroatoms. The maximum Gasteiger partial charge on any atom is 0.292 e. The van der Waals surface area contributed by atoms with Crippen LogP contribution in [0, 0.1) is 12.8 Å². The van der Waals surface area contributed by atoms with Crippen molar-refractivity contribution >= 4 is 5.91 Å². The second kappa shape index (κ2) is 9.67. The number of likely N-dealkylation sites (tertiary alicyclic amines) is 1. The molecule has 1 aliphatic rings. The van der Waals surface area contributed by atoms with Crippen LogP contribution in [0.1, 0.15) is 41.0 Å². The Kier molecular flexibility index (Phi) is 6.54. The van der Waals surface area contributed by atoms with Crippen molar-refractivity contribution in [3.05, 3.63) is 71.5 Å². The van der Waals surface area contributed by atoms with E-state index in [1.165, 1.54) is 18.4 Å². The van der Waals surface area contributed by atoms with E-state index < -0.39 is 0 Å². The highest BCUT2D eigenvalue weighted by Crippen LogP contribution is 2.21. The van der Waals surface area contributed by atoms with E-state index in [4.69, 9.17) is 4.52 Å². The molecule has 6 nitrogen and oxygen atoms in total. The van der Waals surface area contributed by atoms with Crippen molar-refractivity contribution in [2.24, 2.45) is 5.92 Å². The lowest BCUT2D eigenvalue weighted by Crippen LogP contribution is -2.35. The molecule has 2 aromatic carbocycles. The highest BCUT2D eigenvalue weighted by Gasteiger charge is 2.20.